The molecule has 1 aromatic heterocycles. The van der Waals surface area contributed by atoms with Gasteiger partial charge in [-0.3, -0.25) is 0 Å². The first kappa shape index (κ1) is 12.9. The molecule has 0 unspecified atom stereocenters. The molecule has 0 atom stereocenters. The Morgan fingerprint density at radius 1 is 1.33 bits per heavy atom. The van der Waals surface area contributed by atoms with E-state index in [1.165, 1.54) is 10.1 Å². The lowest BCUT2D eigenvalue weighted by Gasteiger charge is -2.19. The van der Waals surface area contributed by atoms with E-state index in [1.807, 2.05) is 32.9 Å². The summed E-state index contributed by atoms with van der Waals surface area (Å²) in [7, 11) is 0. The lowest BCUT2D eigenvalue weighted by Crippen LogP contribution is -2.32. The first-order valence-electron chi connectivity index (χ1n) is 5.88. The van der Waals surface area contributed by atoms with Gasteiger partial charge in [0.15, 0.2) is 0 Å². The highest BCUT2D eigenvalue weighted by Crippen LogP contribution is 2.24. The minimum Gasteiger partial charge on any atom is -0.444 e. The number of fused-ring (bicyclic) bond motifs is 1. The third-order valence-corrected chi connectivity index (χ3v) is 3.39. The highest BCUT2D eigenvalue weighted by atomic mass is 32.1. The number of carbonyl (C=O) groups excluding carboxylic acids is 1. The molecule has 96 valence electrons. The predicted molar refractivity (Wildman–Crippen MR) is 74.9 cm³/mol. The Morgan fingerprint density at radius 3 is 2.83 bits per heavy atom. The van der Waals surface area contributed by atoms with E-state index in [0.29, 0.717) is 6.54 Å². The van der Waals surface area contributed by atoms with Crippen LogP contribution in [-0.2, 0) is 11.3 Å². The molecule has 0 saturated heterocycles. The molecular formula is C14H17NO2S. The van der Waals surface area contributed by atoms with Gasteiger partial charge in [0.05, 0.1) is 0 Å². The van der Waals surface area contributed by atoms with Crippen molar-refractivity contribution < 1.29 is 9.53 Å². The summed E-state index contributed by atoms with van der Waals surface area (Å²) in [5.41, 5.74) is 0.660. The van der Waals surface area contributed by atoms with E-state index in [1.54, 1.807) is 11.3 Å². The third-order valence-electron chi connectivity index (χ3n) is 2.38. The third kappa shape index (κ3) is 3.23. The Kier molecular flexibility index (Phi) is 3.57. The number of carbonyl (C=O) groups is 1. The van der Waals surface area contributed by atoms with Crippen LogP contribution in [-0.4, -0.2) is 11.7 Å². The first-order chi connectivity index (χ1) is 8.46. The van der Waals surface area contributed by atoms with Crippen molar-refractivity contribution in [1.82, 2.24) is 5.32 Å². The number of rotatable bonds is 2. The molecule has 4 heteroatoms. The molecule has 1 aromatic carbocycles. The number of nitrogens with one attached hydrogen (secondary N) is 1. The molecule has 1 heterocycles. The summed E-state index contributed by atoms with van der Waals surface area (Å²) in [5.74, 6) is 0. The Bertz CT molecular complexity index is 554. The van der Waals surface area contributed by atoms with Gasteiger partial charge < -0.3 is 10.1 Å². The Labute approximate surface area is 111 Å². The molecule has 3 nitrogen and oxygen atoms in total. The van der Waals surface area contributed by atoms with E-state index < -0.39 is 5.60 Å². The van der Waals surface area contributed by atoms with Crippen LogP contribution in [0.5, 0.6) is 0 Å². The standard InChI is InChI=1S/C14H17NO2S/c1-14(2,3)17-13(16)15-9-11-6-4-5-10-7-8-18-12(10)11/h4-8H,9H2,1-3H3,(H,15,16). The summed E-state index contributed by atoms with van der Waals surface area (Å²) in [6.07, 6.45) is -0.379. The first-order valence-corrected chi connectivity index (χ1v) is 6.75. The Morgan fingerprint density at radius 2 is 2.11 bits per heavy atom. The zero-order valence-corrected chi connectivity index (χ0v) is 11.6. The average molecular weight is 263 g/mol. The predicted octanol–water partition coefficient (Wildman–Crippen LogP) is 3.93. The Hall–Kier alpha value is -1.55. The van der Waals surface area contributed by atoms with Crippen molar-refractivity contribution in [2.24, 2.45) is 0 Å². The molecule has 0 aliphatic carbocycles. The van der Waals surface area contributed by atoms with Gasteiger partial charge in [-0.25, -0.2) is 4.79 Å². The van der Waals surface area contributed by atoms with Crippen LogP contribution < -0.4 is 5.32 Å². The second kappa shape index (κ2) is 4.98. The fourth-order valence-corrected chi connectivity index (χ4v) is 2.59. The summed E-state index contributed by atoms with van der Waals surface area (Å²) in [5, 5.41) is 6.05. The lowest BCUT2D eigenvalue weighted by atomic mass is 10.1. The fraction of sp³-hybridized carbons (Fsp3) is 0.357. The molecule has 1 N–H and O–H groups in total. The van der Waals surface area contributed by atoms with E-state index in [9.17, 15) is 4.79 Å². The average Bonchev–Trinajstić information content (AvgIpc) is 2.72. The van der Waals surface area contributed by atoms with Crippen LogP contribution in [0.4, 0.5) is 4.79 Å². The number of amides is 1. The van der Waals surface area contributed by atoms with Gasteiger partial charge in [0.1, 0.15) is 5.60 Å². The monoisotopic (exact) mass is 263 g/mol. The number of alkyl carbamates (subject to hydrolysis) is 1. The smallest absolute Gasteiger partial charge is 0.407 e. The van der Waals surface area contributed by atoms with Crippen LogP contribution in [0, 0.1) is 0 Å². The van der Waals surface area contributed by atoms with Crippen molar-refractivity contribution in [2.75, 3.05) is 0 Å². The quantitative estimate of drug-likeness (QED) is 0.891. The van der Waals surface area contributed by atoms with Crippen LogP contribution in [0.3, 0.4) is 0 Å². The maximum atomic E-state index is 11.6. The van der Waals surface area contributed by atoms with Gasteiger partial charge in [0.2, 0.25) is 0 Å². The highest BCUT2D eigenvalue weighted by Gasteiger charge is 2.15. The number of hydrogen-bond donors (Lipinski definition) is 1. The maximum absolute atomic E-state index is 11.6. The Balaban J connectivity index is 2.02. The number of hydrogen-bond acceptors (Lipinski definition) is 3. The van der Waals surface area contributed by atoms with Gasteiger partial charge in [-0.15, -0.1) is 11.3 Å². The molecule has 2 rings (SSSR count). The zero-order chi connectivity index (χ0) is 13.2. The van der Waals surface area contributed by atoms with Crippen molar-refractivity contribution in [3.05, 3.63) is 35.2 Å². The number of thiophene rings is 1. The van der Waals surface area contributed by atoms with Crippen molar-refractivity contribution in [3.8, 4) is 0 Å². The van der Waals surface area contributed by atoms with E-state index in [0.717, 1.165) is 5.56 Å². The minimum absolute atomic E-state index is 0.379. The molecule has 0 fully saturated rings. The largest absolute Gasteiger partial charge is 0.444 e. The van der Waals surface area contributed by atoms with Crippen LogP contribution in [0.1, 0.15) is 26.3 Å². The molecule has 0 bridgehead atoms. The van der Waals surface area contributed by atoms with Gasteiger partial charge in [0, 0.05) is 11.2 Å². The minimum atomic E-state index is -0.459. The molecule has 0 aliphatic heterocycles. The van der Waals surface area contributed by atoms with E-state index in [2.05, 4.69) is 22.8 Å². The van der Waals surface area contributed by atoms with Gasteiger partial charge in [-0.1, -0.05) is 18.2 Å². The van der Waals surface area contributed by atoms with Crippen LogP contribution in [0.25, 0.3) is 10.1 Å². The normalized spacial score (nSPS) is 11.5. The van der Waals surface area contributed by atoms with E-state index >= 15 is 0 Å². The SMILES string of the molecule is CC(C)(C)OC(=O)NCc1cccc2ccsc12. The molecule has 0 radical (unpaired) electrons. The fourth-order valence-electron chi connectivity index (χ4n) is 1.68. The van der Waals surface area contributed by atoms with Crippen molar-refractivity contribution >= 4 is 27.5 Å². The molecule has 0 saturated carbocycles. The summed E-state index contributed by atoms with van der Waals surface area (Å²) in [6.45, 7) is 6.05. The highest BCUT2D eigenvalue weighted by molar-refractivity contribution is 7.17. The number of benzene rings is 1. The summed E-state index contributed by atoms with van der Waals surface area (Å²) >= 11 is 1.69. The molecular weight excluding hydrogens is 246 g/mol. The van der Waals surface area contributed by atoms with Crippen molar-refractivity contribution in [1.29, 1.82) is 0 Å². The summed E-state index contributed by atoms with van der Waals surface area (Å²) < 4.78 is 6.42. The van der Waals surface area contributed by atoms with Crippen molar-refractivity contribution in [2.45, 2.75) is 32.9 Å². The van der Waals surface area contributed by atoms with E-state index in [-0.39, 0.29) is 6.09 Å². The lowest BCUT2D eigenvalue weighted by molar-refractivity contribution is 0.0524. The molecule has 2 aromatic rings. The van der Waals surface area contributed by atoms with Gasteiger partial charge in [-0.05, 0) is 43.2 Å². The summed E-state index contributed by atoms with van der Waals surface area (Å²) in [4.78, 5) is 11.6. The second-order valence-electron chi connectivity index (χ2n) is 5.11. The molecule has 1 amide bonds. The van der Waals surface area contributed by atoms with Crippen LogP contribution in [0.15, 0.2) is 29.6 Å². The second-order valence-corrected chi connectivity index (χ2v) is 6.03. The maximum Gasteiger partial charge on any atom is 0.407 e. The molecule has 0 aliphatic rings. The summed E-state index contributed by atoms with van der Waals surface area (Å²) in [6, 6.07) is 8.18. The zero-order valence-electron chi connectivity index (χ0n) is 10.8. The van der Waals surface area contributed by atoms with Gasteiger partial charge >= 0.3 is 6.09 Å². The molecule has 0 spiro atoms. The number of ether oxygens (including phenoxy) is 1. The van der Waals surface area contributed by atoms with Crippen molar-refractivity contribution in [3.63, 3.8) is 0 Å². The van der Waals surface area contributed by atoms with Gasteiger partial charge in [-0.2, -0.15) is 0 Å². The van der Waals surface area contributed by atoms with Gasteiger partial charge in [0.25, 0.3) is 0 Å². The van der Waals surface area contributed by atoms with Crippen LogP contribution in [0.2, 0.25) is 0 Å². The molecule has 18 heavy (non-hydrogen) atoms. The topological polar surface area (TPSA) is 38.3 Å². The van der Waals surface area contributed by atoms with Crippen LogP contribution >= 0.6 is 11.3 Å². The van der Waals surface area contributed by atoms with E-state index in [4.69, 9.17) is 4.74 Å².